The highest BCUT2D eigenvalue weighted by Gasteiger charge is 2.12. The molecule has 2 heterocycles. The Labute approximate surface area is 131 Å². The molecular weight excluding hydrogens is 326 g/mol. The lowest BCUT2D eigenvalue weighted by molar-refractivity contribution is 0.644. The van der Waals surface area contributed by atoms with Gasteiger partial charge in [0.25, 0.3) is 0 Å². The molecule has 0 saturated carbocycles. The Morgan fingerprint density at radius 2 is 2.05 bits per heavy atom. The van der Waals surface area contributed by atoms with Crippen molar-refractivity contribution in [3.63, 3.8) is 0 Å². The molecule has 0 fully saturated rings. The minimum atomic E-state index is 0.944. The monoisotopic (exact) mass is 341 g/mol. The normalized spacial score (nSPS) is 14.4. The molecule has 4 heteroatoms. The SMILES string of the molecule is Cc1cc(Br)cc2[nH]c(-c3ccc4c(c3)CNCC4)nc12. The molecule has 3 nitrogen and oxygen atoms in total. The molecule has 0 bridgehead atoms. The minimum absolute atomic E-state index is 0.944. The van der Waals surface area contributed by atoms with Gasteiger partial charge >= 0.3 is 0 Å². The van der Waals surface area contributed by atoms with E-state index in [4.69, 9.17) is 4.98 Å². The number of nitrogens with one attached hydrogen (secondary N) is 2. The van der Waals surface area contributed by atoms with Gasteiger partial charge in [0, 0.05) is 16.6 Å². The van der Waals surface area contributed by atoms with Crippen LogP contribution in [-0.4, -0.2) is 16.5 Å². The van der Waals surface area contributed by atoms with Gasteiger partial charge in [-0.3, -0.25) is 0 Å². The van der Waals surface area contributed by atoms with Gasteiger partial charge in [-0.05, 0) is 54.8 Å². The number of imidazole rings is 1. The summed E-state index contributed by atoms with van der Waals surface area (Å²) in [7, 11) is 0. The maximum atomic E-state index is 4.78. The van der Waals surface area contributed by atoms with E-state index in [2.05, 4.69) is 63.5 Å². The summed E-state index contributed by atoms with van der Waals surface area (Å²) in [6.45, 7) is 4.12. The first-order valence-electron chi connectivity index (χ1n) is 7.19. The van der Waals surface area contributed by atoms with Crippen molar-refractivity contribution in [1.29, 1.82) is 0 Å². The van der Waals surface area contributed by atoms with Crippen LogP contribution in [0.1, 0.15) is 16.7 Å². The van der Waals surface area contributed by atoms with Crippen molar-refractivity contribution in [3.8, 4) is 11.4 Å². The lowest BCUT2D eigenvalue weighted by atomic mass is 9.98. The van der Waals surface area contributed by atoms with Crippen LogP contribution in [0.25, 0.3) is 22.4 Å². The second-order valence-corrected chi connectivity index (χ2v) is 6.53. The predicted molar refractivity (Wildman–Crippen MR) is 89.4 cm³/mol. The molecule has 0 aliphatic carbocycles. The number of aryl methyl sites for hydroxylation is 1. The van der Waals surface area contributed by atoms with Gasteiger partial charge in [-0.25, -0.2) is 4.98 Å². The van der Waals surface area contributed by atoms with Gasteiger partial charge in [-0.2, -0.15) is 0 Å². The molecule has 21 heavy (non-hydrogen) atoms. The Bertz CT molecular complexity index is 835. The van der Waals surface area contributed by atoms with E-state index in [1.807, 2.05) is 0 Å². The molecule has 1 aromatic heterocycles. The summed E-state index contributed by atoms with van der Waals surface area (Å²) in [6, 6.07) is 10.8. The standard InChI is InChI=1S/C17H16BrN3/c1-10-6-14(18)8-15-16(10)21-17(20-15)12-3-2-11-4-5-19-9-13(11)7-12/h2-3,6-8,19H,4-5,9H2,1H3,(H,20,21). The molecule has 0 radical (unpaired) electrons. The van der Waals surface area contributed by atoms with Crippen molar-refractivity contribution in [2.75, 3.05) is 6.54 Å². The van der Waals surface area contributed by atoms with Crippen molar-refractivity contribution in [2.45, 2.75) is 19.9 Å². The summed E-state index contributed by atoms with van der Waals surface area (Å²) in [5, 5.41) is 3.43. The molecule has 0 atom stereocenters. The average Bonchev–Trinajstić information content (AvgIpc) is 2.91. The zero-order valence-electron chi connectivity index (χ0n) is 11.8. The quantitative estimate of drug-likeness (QED) is 0.703. The van der Waals surface area contributed by atoms with E-state index in [9.17, 15) is 0 Å². The lowest BCUT2D eigenvalue weighted by Gasteiger charge is -2.17. The summed E-state index contributed by atoms with van der Waals surface area (Å²) in [4.78, 5) is 8.21. The summed E-state index contributed by atoms with van der Waals surface area (Å²) >= 11 is 3.54. The molecule has 0 saturated heterocycles. The van der Waals surface area contributed by atoms with Gasteiger partial charge in [0.1, 0.15) is 5.82 Å². The predicted octanol–water partition coefficient (Wildman–Crippen LogP) is 3.95. The highest BCUT2D eigenvalue weighted by Crippen LogP contribution is 2.27. The zero-order valence-corrected chi connectivity index (χ0v) is 13.4. The van der Waals surface area contributed by atoms with Gasteiger partial charge in [-0.15, -0.1) is 0 Å². The second kappa shape index (κ2) is 4.97. The number of rotatable bonds is 1. The summed E-state index contributed by atoms with van der Waals surface area (Å²) in [5.74, 6) is 0.944. The Kier molecular flexibility index (Phi) is 3.08. The van der Waals surface area contributed by atoms with Crippen molar-refractivity contribution in [1.82, 2.24) is 15.3 Å². The molecule has 1 aliphatic heterocycles. The zero-order chi connectivity index (χ0) is 14.4. The fourth-order valence-electron chi connectivity index (χ4n) is 3.01. The van der Waals surface area contributed by atoms with Crippen molar-refractivity contribution >= 4 is 27.0 Å². The fraction of sp³-hybridized carbons (Fsp3) is 0.235. The van der Waals surface area contributed by atoms with E-state index in [0.717, 1.165) is 46.4 Å². The Balaban J connectivity index is 1.84. The van der Waals surface area contributed by atoms with Gasteiger partial charge in [0.15, 0.2) is 0 Å². The topological polar surface area (TPSA) is 40.7 Å². The molecule has 2 N–H and O–H groups in total. The number of aromatic nitrogens is 2. The van der Waals surface area contributed by atoms with Gasteiger partial charge < -0.3 is 10.3 Å². The maximum Gasteiger partial charge on any atom is 0.138 e. The number of nitrogens with zero attached hydrogens (tertiary/aromatic N) is 1. The number of aromatic amines is 1. The molecule has 3 aromatic rings. The molecular formula is C17H16BrN3. The number of hydrogen-bond acceptors (Lipinski definition) is 2. The van der Waals surface area contributed by atoms with Crippen LogP contribution < -0.4 is 5.32 Å². The van der Waals surface area contributed by atoms with Crippen LogP contribution in [0.2, 0.25) is 0 Å². The van der Waals surface area contributed by atoms with E-state index in [1.54, 1.807) is 0 Å². The Morgan fingerprint density at radius 3 is 2.95 bits per heavy atom. The summed E-state index contributed by atoms with van der Waals surface area (Å²) < 4.78 is 1.08. The van der Waals surface area contributed by atoms with Crippen molar-refractivity contribution in [2.24, 2.45) is 0 Å². The number of fused-ring (bicyclic) bond motifs is 2. The van der Waals surface area contributed by atoms with E-state index < -0.39 is 0 Å². The fourth-order valence-corrected chi connectivity index (χ4v) is 3.58. The minimum Gasteiger partial charge on any atom is -0.338 e. The summed E-state index contributed by atoms with van der Waals surface area (Å²) in [5.41, 5.74) is 7.30. The van der Waals surface area contributed by atoms with Crippen LogP contribution in [-0.2, 0) is 13.0 Å². The number of benzene rings is 2. The molecule has 106 valence electrons. The van der Waals surface area contributed by atoms with Crippen LogP contribution in [0.15, 0.2) is 34.8 Å². The highest BCUT2D eigenvalue weighted by atomic mass is 79.9. The van der Waals surface area contributed by atoms with Crippen molar-refractivity contribution < 1.29 is 0 Å². The Hall–Kier alpha value is -1.65. The molecule has 4 rings (SSSR count). The smallest absolute Gasteiger partial charge is 0.138 e. The van der Waals surface area contributed by atoms with E-state index in [1.165, 1.54) is 16.7 Å². The average molecular weight is 342 g/mol. The van der Waals surface area contributed by atoms with Crippen molar-refractivity contribution in [3.05, 3.63) is 51.5 Å². The van der Waals surface area contributed by atoms with Crippen LogP contribution >= 0.6 is 15.9 Å². The number of halogens is 1. The number of H-pyrrole nitrogens is 1. The summed E-state index contributed by atoms with van der Waals surface area (Å²) in [6.07, 6.45) is 1.11. The third-order valence-electron chi connectivity index (χ3n) is 4.11. The van der Waals surface area contributed by atoms with Crippen LogP contribution in [0.5, 0.6) is 0 Å². The lowest BCUT2D eigenvalue weighted by Crippen LogP contribution is -2.23. The highest BCUT2D eigenvalue weighted by molar-refractivity contribution is 9.10. The molecule has 0 unspecified atom stereocenters. The molecule has 0 amide bonds. The van der Waals surface area contributed by atoms with Crippen LogP contribution in [0.3, 0.4) is 0 Å². The largest absolute Gasteiger partial charge is 0.338 e. The van der Waals surface area contributed by atoms with Gasteiger partial charge in [0.05, 0.1) is 11.0 Å². The van der Waals surface area contributed by atoms with E-state index in [0.29, 0.717) is 0 Å². The molecule has 0 spiro atoms. The van der Waals surface area contributed by atoms with E-state index >= 15 is 0 Å². The van der Waals surface area contributed by atoms with Gasteiger partial charge in [-0.1, -0.05) is 28.1 Å². The third kappa shape index (κ3) is 2.28. The van der Waals surface area contributed by atoms with Crippen LogP contribution in [0, 0.1) is 6.92 Å². The maximum absolute atomic E-state index is 4.78. The molecule has 2 aromatic carbocycles. The van der Waals surface area contributed by atoms with Crippen LogP contribution in [0.4, 0.5) is 0 Å². The first-order valence-corrected chi connectivity index (χ1v) is 7.99. The van der Waals surface area contributed by atoms with E-state index in [-0.39, 0.29) is 0 Å². The third-order valence-corrected chi connectivity index (χ3v) is 4.57. The molecule has 1 aliphatic rings. The first-order chi connectivity index (χ1) is 10.2. The Morgan fingerprint density at radius 1 is 1.14 bits per heavy atom. The van der Waals surface area contributed by atoms with Gasteiger partial charge in [0.2, 0.25) is 0 Å². The second-order valence-electron chi connectivity index (χ2n) is 5.61. The first kappa shape index (κ1) is 13.0. The number of hydrogen-bond donors (Lipinski definition) is 2.